The Hall–Kier alpha value is -1.24. The van der Waals surface area contributed by atoms with Gasteiger partial charge in [0.05, 0.1) is 19.7 Å². The molecule has 6 nitrogen and oxygen atoms in total. The third kappa shape index (κ3) is 6.47. The van der Waals surface area contributed by atoms with E-state index in [4.69, 9.17) is 16.3 Å². The lowest BCUT2D eigenvalue weighted by molar-refractivity contribution is -0.122. The first-order valence-corrected chi connectivity index (χ1v) is 6.33. The van der Waals surface area contributed by atoms with E-state index in [9.17, 15) is 4.79 Å². The Morgan fingerprint density at radius 1 is 1.53 bits per heavy atom. The number of halogens is 1. The van der Waals surface area contributed by atoms with E-state index in [-0.39, 0.29) is 12.5 Å². The van der Waals surface area contributed by atoms with Crippen molar-refractivity contribution in [1.82, 2.24) is 20.2 Å². The first-order valence-electron chi connectivity index (χ1n) is 5.95. The van der Waals surface area contributed by atoms with Gasteiger partial charge >= 0.3 is 0 Å². The third-order valence-electron chi connectivity index (χ3n) is 2.32. The maximum absolute atomic E-state index is 11.6. The topological polar surface area (TPSA) is 67.3 Å². The van der Waals surface area contributed by atoms with Gasteiger partial charge in [-0.05, 0) is 20.0 Å². The largest absolute Gasteiger partial charge is 0.383 e. The summed E-state index contributed by atoms with van der Waals surface area (Å²) in [5, 5.41) is 3.17. The molecule has 0 saturated heterocycles. The standard InChI is InChI=1S/C12H19ClN4O2/c1-9-6-10(13)16-11(15-9)7-17(2)8-12(18)14-4-5-19-3/h6H,4-5,7-8H2,1-3H3,(H,14,18). The summed E-state index contributed by atoms with van der Waals surface area (Å²) >= 11 is 5.86. The van der Waals surface area contributed by atoms with Gasteiger partial charge in [0, 0.05) is 19.3 Å². The molecule has 0 bridgehead atoms. The lowest BCUT2D eigenvalue weighted by Crippen LogP contribution is -2.36. The van der Waals surface area contributed by atoms with E-state index in [1.54, 1.807) is 13.2 Å². The van der Waals surface area contributed by atoms with Crippen LogP contribution in [0.3, 0.4) is 0 Å². The normalized spacial score (nSPS) is 10.8. The summed E-state index contributed by atoms with van der Waals surface area (Å²) in [7, 11) is 3.42. The number of likely N-dealkylation sites (N-methyl/N-ethyl adjacent to an activating group) is 1. The second-order valence-electron chi connectivity index (χ2n) is 4.26. The first kappa shape index (κ1) is 15.8. The summed E-state index contributed by atoms with van der Waals surface area (Å²) in [6.07, 6.45) is 0. The molecule has 0 aliphatic heterocycles. The molecule has 1 heterocycles. The maximum atomic E-state index is 11.6. The van der Waals surface area contributed by atoms with Gasteiger partial charge in [0.15, 0.2) is 0 Å². The molecule has 0 fully saturated rings. The highest BCUT2D eigenvalue weighted by molar-refractivity contribution is 6.29. The molecule has 0 aliphatic carbocycles. The molecule has 0 atom stereocenters. The maximum Gasteiger partial charge on any atom is 0.234 e. The number of nitrogens with zero attached hydrogens (tertiary/aromatic N) is 3. The molecule has 7 heteroatoms. The van der Waals surface area contributed by atoms with Crippen LogP contribution >= 0.6 is 11.6 Å². The Balaban J connectivity index is 2.41. The molecule has 0 radical (unpaired) electrons. The fourth-order valence-electron chi connectivity index (χ4n) is 1.55. The summed E-state index contributed by atoms with van der Waals surface area (Å²) in [6.45, 7) is 3.62. The Labute approximate surface area is 118 Å². The van der Waals surface area contributed by atoms with Crippen LogP contribution in [0, 0.1) is 6.92 Å². The van der Waals surface area contributed by atoms with E-state index in [1.807, 2.05) is 18.9 Å². The molecule has 0 unspecified atom stereocenters. The summed E-state index contributed by atoms with van der Waals surface area (Å²) in [6, 6.07) is 1.70. The molecule has 1 amide bonds. The Morgan fingerprint density at radius 2 is 2.26 bits per heavy atom. The van der Waals surface area contributed by atoms with E-state index in [0.717, 1.165) is 5.69 Å². The van der Waals surface area contributed by atoms with Crippen molar-refractivity contribution in [3.05, 3.63) is 22.7 Å². The van der Waals surface area contributed by atoms with Gasteiger partial charge in [-0.3, -0.25) is 9.69 Å². The van der Waals surface area contributed by atoms with E-state index in [0.29, 0.717) is 30.7 Å². The number of carbonyl (C=O) groups excluding carboxylic acids is 1. The predicted molar refractivity (Wildman–Crippen MR) is 73.0 cm³/mol. The smallest absolute Gasteiger partial charge is 0.234 e. The minimum absolute atomic E-state index is 0.0571. The number of hydrogen-bond donors (Lipinski definition) is 1. The first-order chi connectivity index (χ1) is 9.01. The SMILES string of the molecule is COCCNC(=O)CN(C)Cc1nc(C)cc(Cl)n1. The fraction of sp³-hybridized carbons (Fsp3) is 0.583. The summed E-state index contributed by atoms with van der Waals surface area (Å²) in [5.41, 5.74) is 0.813. The number of ether oxygens (including phenoxy) is 1. The van der Waals surface area contributed by atoms with Crippen LogP contribution in [0.2, 0.25) is 5.15 Å². The van der Waals surface area contributed by atoms with E-state index < -0.39 is 0 Å². The number of aromatic nitrogens is 2. The minimum Gasteiger partial charge on any atom is -0.383 e. The van der Waals surface area contributed by atoms with Gasteiger partial charge in [0.2, 0.25) is 5.91 Å². The Morgan fingerprint density at radius 3 is 2.89 bits per heavy atom. The zero-order valence-electron chi connectivity index (χ0n) is 11.4. The molecule has 0 aromatic carbocycles. The van der Waals surface area contributed by atoms with Gasteiger partial charge in [0.1, 0.15) is 11.0 Å². The van der Waals surface area contributed by atoms with Crippen LogP contribution in [-0.2, 0) is 16.1 Å². The highest BCUT2D eigenvalue weighted by Gasteiger charge is 2.09. The molecule has 1 aromatic rings. The van der Waals surface area contributed by atoms with Gasteiger partial charge in [-0.1, -0.05) is 11.6 Å². The van der Waals surface area contributed by atoms with Crippen molar-refractivity contribution < 1.29 is 9.53 Å². The minimum atomic E-state index is -0.0571. The van der Waals surface area contributed by atoms with Crippen LogP contribution < -0.4 is 5.32 Å². The molecule has 1 rings (SSSR count). The summed E-state index contributed by atoms with van der Waals surface area (Å²) in [5.74, 6) is 0.551. The third-order valence-corrected chi connectivity index (χ3v) is 2.52. The average Bonchev–Trinajstić information content (AvgIpc) is 2.27. The van der Waals surface area contributed by atoms with Gasteiger partial charge in [0.25, 0.3) is 0 Å². The van der Waals surface area contributed by atoms with E-state index >= 15 is 0 Å². The van der Waals surface area contributed by atoms with Gasteiger partial charge < -0.3 is 10.1 Å². The average molecular weight is 287 g/mol. The molecule has 0 aliphatic rings. The van der Waals surface area contributed by atoms with Gasteiger partial charge in [-0.15, -0.1) is 0 Å². The van der Waals surface area contributed by atoms with Crippen LogP contribution in [0.1, 0.15) is 11.5 Å². The van der Waals surface area contributed by atoms with Gasteiger partial charge in [-0.25, -0.2) is 9.97 Å². The molecular formula is C12H19ClN4O2. The molecule has 1 N–H and O–H groups in total. The number of hydrogen-bond acceptors (Lipinski definition) is 5. The molecule has 106 valence electrons. The van der Waals surface area contributed by atoms with Crippen molar-refractivity contribution >= 4 is 17.5 Å². The summed E-state index contributed by atoms with van der Waals surface area (Å²) < 4.78 is 4.86. The lowest BCUT2D eigenvalue weighted by Gasteiger charge is -2.15. The van der Waals surface area contributed by atoms with Crippen molar-refractivity contribution in [2.45, 2.75) is 13.5 Å². The van der Waals surface area contributed by atoms with Crippen LogP contribution in [0.4, 0.5) is 0 Å². The predicted octanol–water partition coefficient (Wildman–Crippen LogP) is 0.633. The Kier molecular flexibility index (Phi) is 6.69. The number of nitrogens with one attached hydrogen (secondary N) is 1. The van der Waals surface area contributed by atoms with Crippen LogP contribution in [0.25, 0.3) is 0 Å². The van der Waals surface area contributed by atoms with Crippen LogP contribution in [0.5, 0.6) is 0 Å². The number of aryl methyl sites for hydroxylation is 1. The second-order valence-corrected chi connectivity index (χ2v) is 4.65. The van der Waals surface area contributed by atoms with Crippen LogP contribution in [-0.4, -0.2) is 54.6 Å². The molecule has 0 spiro atoms. The fourth-order valence-corrected chi connectivity index (χ4v) is 1.81. The van der Waals surface area contributed by atoms with E-state index in [2.05, 4.69) is 15.3 Å². The van der Waals surface area contributed by atoms with Crippen molar-refractivity contribution in [1.29, 1.82) is 0 Å². The van der Waals surface area contributed by atoms with Crippen molar-refractivity contribution in [3.8, 4) is 0 Å². The zero-order chi connectivity index (χ0) is 14.3. The number of amides is 1. The molecule has 1 aromatic heterocycles. The van der Waals surface area contributed by atoms with Crippen molar-refractivity contribution in [3.63, 3.8) is 0 Å². The molecule has 0 saturated carbocycles. The quantitative estimate of drug-likeness (QED) is 0.588. The lowest BCUT2D eigenvalue weighted by atomic mass is 10.4. The summed E-state index contributed by atoms with van der Waals surface area (Å²) in [4.78, 5) is 21.8. The molecular weight excluding hydrogens is 268 g/mol. The molecule has 19 heavy (non-hydrogen) atoms. The number of methoxy groups -OCH3 is 1. The van der Waals surface area contributed by atoms with Crippen LogP contribution in [0.15, 0.2) is 6.07 Å². The Bertz CT molecular complexity index is 408. The number of carbonyl (C=O) groups is 1. The zero-order valence-corrected chi connectivity index (χ0v) is 12.2. The monoisotopic (exact) mass is 286 g/mol. The highest BCUT2D eigenvalue weighted by Crippen LogP contribution is 2.07. The highest BCUT2D eigenvalue weighted by atomic mass is 35.5. The van der Waals surface area contributed by atoms with Crippen molar-refractivity contribution in [2.75, 3.05) is 33.9 Å². The van der Waals surface area contributed by atoms with Gasteiger partial charge in [-0.2, -0.15) is 0 Å². The van der Waals surface area contributed by atoms with E-state index in [1.165, 1.54) is 0 Å². The van der Waals surface area contributed by atoms with Crippen molar-refractivity contribution in [2.24, 2.45) is 0 Å². The number of rotatable bonds is 7. The second kappa shape index (κ2) is 8.04.